The van der Waals surface area contributed by atoms with Crippen LogP contribution in [0.15, 0.2) is 9.13 Å². The van der Waals surface area contributed by atoms with Crippen LogP contribution in [0.25, 0.3) is 10.3 Å². The molecule has 18 heavy (non-hydrogen) atoms. The molecule has 2 rings (SSSR count). The number of hydrogen-bond acceptors (Lipinski definition) is 6. The van der Waals surface area contributed by atoms with Gasteiger partial charge in [0.25, 0.3) is 5.56 Å². The van der Waals surface area contributed by atoms with Crippen LogP contribution in [0.5, 0.6) is 0 Å². The Morgan fingerprint density at radius 3 is 2.67 bits per heavy atom. The fourth-order valence-corrected chi connectivity index (χ4v) is 3.11. The summed E-state index contributed by atoms with van der Waals surface area (Å²) < 4.78 is 2.30. The van der Waals surface area contributed by atoms with Crippen molar-refractivity contribution >= 4 is 33.4 Å². The van der Waals surface area contributed by atoms with Crippen LogP contribution in [0.2, 0.25) is 0 Å². The minimum Gasteiger partial charge on any atom is -0.395 e. The number of aliphatic hydroxyl groups excluding tert-OH is 1. The summed E-state index contributed by atoms with van der Waals surface area (Å²) in [5.41, 5.74) is -0.302. The number of aliphatic hydroxyl groups is 1. The van der Waals surface area contributed by atoms with E-state index < -0.39 is 5.41 Å². The van der Waals surface area contributed by atoms with Crippen molar-refractivity contribution in [1.82, 2.24) is 14.5 Å². The van der Waals surface area contributed by atoms with E-state index in [1.165, 1.54) is 27.7 Å². The summed E-state index contributed by atoms with van der Waals surface area (Å²) in [5.74, 6) is 0.582. The highest BCUT2D eigenvalue weighted by atomic mass is 32.2. The largest absolute Gasteiger partial charge is 0.395 e. The molecule has 0 saturated carbocycles. The van der Waals surface area contributed by atoms with Crippen LogP contribution < -0.4 is 5.56 Å². The zero-order valence-electron chi connectivity index (χ0n) is 10.7. The van der Waals surface area contributed by atoms with E-state index in [-0.39, 0.29) is 12.2 Å². The van der Waals surface area contributed by atoms with Crippen LogP contribution in [0.1, 0.15) is 19.7 Å². The maximum Gasteiger partial charge on any atom is 0.280 e. The molecule has 0 radical (unpaired) electrons. The normalized spacial score (nSPS) is 12.3. The van der Waals surface area contributed by atoms with Crippen LogP contribution in [0, 0.1) is 0 Å². The van der Waals surface area contributed by atoms with Crippen molar-refractivity contribution in [2.45, 2.75) is 23.6 Å². The van der Waals surface area contributed by atoms with Crippen molar-refractivity contribution in [1.29, 1.82) is 0 Å². The first-order valence-corrected chi connectivity index (χ1v) is 7.47. The van der Waals surface area contributed by atoms with E-state index in [0.29, 0.717) is 16.2 Å². The molecule has 0 atom stereocenters. The molecule has 0 saturated heterocycles. The first kappa shape index (κ1) is 13.5. The third-order valence-corrected chi connectivity index (χ3v) is 4.73. The molecule has 2 aromatic rings. The topological polar surface area (TPSA) is 68.0 Å². The Balaban J connectivity index is 2.78. The number of hydrogen-bond donors (Lipinski definition) is 1. The molecule has 0 fully saturated rings. The van der Waals surface area contributed by atoms with Gasteiger partial charge in [-0.15, -0.1) is 0 Å². The van der Waals surface area contributed by atoms with E-state index in [1.54, 1.807) is 7.05 Å². The van der Waals surface area contributed by atoms with Crippen LogP contribution in [0.4, 0.5) is 0 Å². The monoisotopic (exact) mass is 285 g/mol. The third-order valence-electron chi connectivity index (χ3n) is 2.80. The van der Waals surface area contributed by atoms with Gasteiger partial charge in [-0.05, 0) is 6.26 Å². The number of fused-ring (bicyclic) bond motifs is 1. The maximum atomic E-state index is 12.2. The minimum atomic E-state index is -0.550. The van der Waals surface area contributed by atoms with E-state index >= 15 is 0 Å². The molecular formula is C11H15N3O2S2. The van der Waals surface area contributed by atoms with Crippen LogP contribution in [-0.2, 0) is 12.5 Å². The number of thiazole rings is 1. The SMILES string of the molecule is CSc1nc2c(=O)n(C)c(C(C)(C)CO)nc2s1. The summed E-state index contributed by atoms with van der Waals surface area (Å²) in [5, 5.41) is 9.41. The Labute approximate surface area is 113 Å². The highest BCUT2D eigenvalue weighted by molar-refractivity contribution is 8.00. The lowest BCUT2D eigenvalue weighted by Gasteiger charge is -2.22. The lowest BCUT2D eigenvalue weighted by molar-refractivity contribution is 0.208. The first-order chi connectivity index (χ1) is 8.40. The van der Waals surface area contributed by atoms with Crippen molar-refractivity contribution in [3.63, 3.8) is 0 Å². The summed E-state index contributed by atoms with van der Waals surface area (Å²) in [6.45, 7) is 3.65. The molecule has 0 spiro atoms. The molecule has 2 aromatic heterocycles. The second kappa shape index (κ2) is 4.64. The predicted molar refractivity (Wildman–Crippen MR) is 74.5 cm³/mol. The number of nitrogens with zero attached hydrogens (tertiary/aromatic N) is 3. The van der Waals surface area contributed by atoms with Crippen molar-refractivity contribution in [2.75, 3.05) is 12.9 Å². The molecule has 0 aliphatic rings. The zero-order chi connectivity index (χ0) is 13.5. The van der Waals surface area contributed by atoms with Gasteiger partial charge >= 0.3 is 0 Å². The van der Waals surface area contributed by atoms with Crippen molar-refractivity contribution in [3.8, 4) is 0 Å². The Kier molecular flexibility index (Phi) is 3.48. The number of thioether (sulfide) groups is 1. The van der Waals surface area contributed by atoms with E-state index in [9.17, 15) is 9.90 Å². The van der Waals surface area contributed by atoms with Crippen LogP contribution in [-0.4, -0.2) is 32.5 Å². The molecule has 98 valence electrons. The molecule has 0 amide bonds. The molecule has 0 aliphatic heterocycles. The van der Waals surface area contributed by atoms with Gasteiger partial charge < -0.3 is 5.11 Å². The van der Waals surface area contributed by atoms with Crippen molar-refractivity contribution in [2.24, 2.45) is 7.05 Å². The second-order valence-electron chi connectivity index (χ2n) is 4.68. The quantitative estimate of drug-likeness (QED) is 0.863. The van der Waals surface area contributed by atoms with Crippen LogP contribution >= 0.6 is 23.1 Å². The highest BCUT2D eigenvalue weighted by Crippen LogP contribution is 2.27. The lowest BCUT2D eigenvalue weighted by Crippen LogP contribution is -2.33. The van der Waals surface area contributed by atoms with Gasteiger partial charge in [0.15, 0.2) is 14.7 Å². The number of aromatic nitrogens is 3. The summed E-state index contributed by atoms with van der Waals surface area (Å²) in [6, 6.07) is 0. The van der Waals surface area contributed by atoms with Gasteiger partial charge in [0.2, 0.25) is 0 Å². The lowest BCUT2D eigenvalue weighted by atomic mass is 9.93. The fraction of sp³-hybridized carbons (Fsp3) is 0.545. The Morgan fingerprint density at radius 1 is 1.44 bits per heavy atom. The van der Waals surface area contributed by atoms with Gasteiger partial charge in [-0.2, -0.15) is 0 Å². The zero-order valence-corrected chi connectivity index (χ0v) is 12.4. The standard InChI is InChI=1S/C11H15N3O2S2/c1-11(2,5-15)9-13-7-6(8(16)14(9)3)12-10(17-4)18-7/h15H,5H2,1-4H3. The van der Waals surface area contributed by atoms with Gasteiger partial charge in [0.05, 0.1) is 6.61 Å². The van der Waals surface area contributed by atoms with Gasteiger partial charge in [-0.3, -0.25) is 9.36 Å². The summed E-state index contributed by atoms with van der Waals surface area (Å²) in [4.78, 5) is 21.6. The van der Waals surface area contributed by atoms with E-state index in [0.717, 1.165) is 4.34 Å². The van der Waals surface area contributed by atoms with Crippen molar-refractivity contribution < 1.29 is 5.11 Å². The van der Waals surface area contributed by atoms with Gasteiger partial charge in [-0.25, -0.2) is 9.97 Å². The molecule has 0 aromatic carbocycles. The molecule has 7 heteroatoms. The van der Waals surface area contributed by atoms with E-state index in [1.807, 2.05) is 20.1 Å². The smallest absolute Gasteiger partial charge is 0.280 e. The van der Waals surface area contributed by atoms with Gasteiger partial charge in [0, 0.05) is 12.5 Å². The summed E-state index contributed by atoms with van der Waals surface area (Å²) in [6.07, 6.45) is 1.92. The third kappa shape index (κ3) is 2.06. The predicted octanol–water partition coefficient (Wildman–Crippen LogP) is 1.38. The molecular weight excluding hydrogens is 270 g/mol. The Morgan fingerprint density at radius 2 is 2.11 bits per heavy atom. The maximum absolute atomic E-state index is 12.2. The summed E-state index contributed by atoms with van der Waals surface area (Å²) >= 11 is 2.90. The average Bonchev–Trinajstić information content (AvgIpc) is 2.77. The molecule has 2 heterocycles. The van der Waals surface area contributed by atoms with E-state index in [4.69, 9.17) is 0 Å². The Hall–Kier alpha value is -0.920. The average molecular weight is 285 g/mol. The van der Waals surface area contributed by atoms with E-state index in [2.05, 4.69) is 9.97 Å². The van der Waals surface area contributed by atoms with Gasteiger partial charge in [0.1, 0.15) is 5.82 Å². The first-order valence-electron chi connectivity index (χ1n) is 5.43. The summed E-state index contributed by atoms with van der Waals surface area (Å²) in [7, 11) is 1.67. The van der Waals surface area contributed by atoms with Crippen LogP contribution in [0.3, 0.4) is 0 Å². The molecule has 0 bridgehead atoms. The number of rotatable bonds is 3. The molecule has 5 nitrogen and oxygen atoms in total. The van der Waals surface area contributed by atoms with Gasteiger partial charge in [-0.1, -0.05) is 36.9 Å². The fourth-order valence-electron chi connectivity index (χ4n) is 1.70. The minimum absolute atomic E-state index is 0.0625. The second-order valence-corrected chi connectivity index (χ2v) is 6.71. The molecule has 0 aliphatic carbocycles. The molecule has 0 unspecified atom stereocenters. The molecule has 1 N–H and O–H groups in total. The van der Waals surface area contributed by atoms with Crippen molar-refractivity contribution in [3.05, 3.63) is 16.2 Å². The Bertz CT molecular complexity index is 646. The highest BCUT2D eigenvalue weighted by Gasteiger charge is 2.26.